The lowest BCUT2D eigenvalue weighted by Crippen LogP contribution is -2.14. The summed E-state index contributed by atoms with van der Waals surface area (Å²) in [7, 11) is -3.62. The Kier molecular flexibility index (Phi) is 4.13. The van der Waals surface area contributed by atoms with Crippen LogP contribution in [0.5, 0.6) is 0 Å². The van der Waals surface area contributed by atoms with E-state index in [1.807, 2.05) is 0 Å². The first-order chi connectivity index (χ1) is 8.88. The molecule has 2 aromatic rings. The van der Waals surface area contributed by atoms with Crippen molar-refractivity contribution in [3.63, 3.8) is 0 Å². The molecular weight excluding hydrogens is 352 g/mol. The predicted molar refractivity (Wildman–Crippen MR) is 78.9 cm³/mol. The van der Waals surface area contributed by atoms with E-state index in [4.69, 9.17) is 11.6 Å². The van der Waals surface area contributed by atoms with Gasteiger partial charge in [0.05, 0.1) is 16.3 Å². The molecule has 0 radical (unpaired) electrons. The second-order valence-electron chi connectivity index (χ2n) is 3.83. The van der Waals surface area contributed by atoms with Gasteiger partial charge in [0.2, 0.25) is 0 Å². The summed E-state index contributed by atoms with van der Waals surface area (Å²) in [5, 5.41) is 0.323. The molecule has 0 aliphatic carbocycles. The smallest absolute Gasteiger partial charge is 0.261 e. The quantitative estimate of drug-likeness (QED) is 0.850. The predicted octanol–water partition coefficient (Wildman–Crippen LogP) is 3.61. The van der Waals surface area contributed by atoms with Crippen LogP contribution in [0.4, 0.5) is 5.69 Å². The fraction of sp³-hybridized carbons (Fsp3) is 0.0833. The number of pyridine rings is 1. The molecule has 1 aromatic carbocycles. The minimum absolute atomic E-state index is 0.185. The van der Waals surface area contributed by atoms with Gasteiger partial charge in [-0.05, 0) is 43.3 Å². The van der Waals surface area contributed by atoms with Gasteiger partial charge in [0.25, 0.3) is 10.0 Å². The molecule has 0 saturated heterocycles. The Bertz CT molecular complexity index is 702. The van der Waals surface area contributed by atoms with Crippen molar-refractivity contribution in [2.24, 2.45) is 0 Å². The van der Waals surface area contributed by atoms with Crippen LogP contribution in [0.2, 0.25) is 5.15 Å². The van der Waals surface area contributed by atoms with Crippen LogP contribution in [-0.2, 0) is 10.0 Å². The third kappa shape index (κ3) is 3.46. The van der Waals surface area contributed by atoms with Gasteiger partial charge in [0, 0.05) is 4.47 Å². The van der Waals surface area contributed by atoms with Gasteiger partial charge < -0.3 is 0 Å². The van der Waals surface area contributed by atoms with Gasteiger partial charge in [-0.2, -0.15) is 0 Å². The number of benzene rings is 1. The van der Waals surface area contributed by atoms with E-state index in [0.29, 0.717) is 16.5 Å². The van der Waals surface area contributed by atoms with Crippen molar-refractivity contribution in [1.29, 1.82) is 0 Å². The molecule has 0 amide bonds. The van der Waals surface area contributed by atoms with Gasteiger partial charge >= 0.3 is 0 Å². The first-order valence-electron chi connectivity index (χ1n) is 5.30. The van der Waals surface area contributed by atoms with E-state index in [1.54, 1.807) is 25.1 Å². The molecule has 1 heterocycles. The minimum atomic E-state index is -3.62. The molecular formula is C12H10BrClN2O2S. The van der Waals surface area contributed by atoms with E-state index in [-0.39, 0.29) is 4.90 Å². The van der Waals surface area contributed by atoms with Crippen LogP contribution < -0.4 is 4.72 Å². The summed E-state index contributed by atoms with van der Waals surface area (Å²) in [5.41, 5.74) is 0.931. The number of hydrogen-bond donors (Lipinski definition) is 1. The van der Waals surface area contributed by atoms with Gasteiger partial charge in [-0.15, -0.1) is 0 Å². The summed E-state index contributed by atoms with van der Waals surface area (Å²) in [6.45, 7) is 1.69. The molecule has 4 nitrogen and oxygen atoms in total. The number of nitrogens with one attached hydrogen (secondary N) is 1. The molecule has 0 atom stereocenters. The lowest BCUT2D eigenvalue weighted by Gasteiger charge is -2.10. The Hall–Kier alpha value is -1.11. The van der Waals surface area contributed by atoms with E-state index >= 15 is 0 Å². The molecule has 0 aliphatic heterocycles. The molecule has 0 fully saturated rings. The molecule has 1 N–H and O–H groups in total. The third-order valence-electron chi connectivity index (χ3n) is 2.42. The normalized spacial score (nSPS) is 11.3. The van der Waals surface area contributed by atoms with Crippen molar-refractivity contribution in [2.45, 2.75) is 11.8 Å². The van der Waals surface area contributed by atoms with Gasteiger partial charge in [-0.3, -0.25) is 4.72 Å². The highest BCUT2D eigenvalue weighted by molar-refractivity contribution is 9.10. The summed E-state index contributed by atoms with van der Waals surface area (Å²) >= 11 is 8.99. The zero-order valence-electron chi connectivity index (χ0n) is 9.89. The van der Waals surface area contributed by atoms with E-state index in [2.05, 4.69) is 25.6 Å². The fourth-order valence-electron chi connectivity index (χ4n) is 1.46. The SMILES string of the molecule is Cc1nc(Cl)ccc1NS(=O)(=O)c1ccc(Br)cc1. The highest BCUT2D eigenvalue weighted by atomic mass is 79.9. The van der Waals surface area contributed by atoms with Crippen LogP contribution in [0.1, 0.15) is 5.69 Å². The monoisotopic (exact) mass is 360 g/mol. The van der Waals surface area contributed by atoms with E-state index in [0.717, 1.165) is 4.47 Å². The van der Waals surface area contributed by atoms with Crippen LogP contribution in [0.3, 0.4) is 0 Å². The fourth-order valence-corrected chi connectivity index (χ4v) is 3.03. The van der Waals surface area contributed by atoms with Crippen molar-refractivity contribution < 1.29 is 8.42 Å². The Labute approximate surface area is 125 Å². The number of aryl methyl sites for hydroxylation is 1. The van der Waals surface area contributed by atoms with E-state index in [9.17, 15) is 8.42 Å². The minimum Gasteiger partial charge on any atom is -0.278 e. The number of halogens is 2. The highest BCUT2D eigenvalue weighted by Gasteiger charge is 2.15. The average Bonchev–Trinajstić information content (AvgIpc) is 2.33. The Morgan fingerprint density at radius 1 is 1.16 bits per heavy atom. The van der Waals surface area contributed by atoms with Gasteiger partial charge in [-0.1, -0.05) is 27.5 Å². The number of hydrogen-bond acceptors (Lipinski definition) is 3. The molecule has 0 bridgehead atoms. The molecule has 7 heteroatoms. The number of aromatic nitrogens is 1. The topological polar surface area (TPSA) is 59.1 Å². The second kappa shape index (κ2) is 5.48. The number of nitrogens with zero attached hydrogens (tertiary/aromatic N) is 1. The molecule has 19 heavy (non-hydrogen) atoms. The van der Waals surface area contributed by atoms with Crippen LogP contribution in [0.25, 0.3) is 0 Å². The van der Waals surface area contributed by atoms with Gasteiger partial charge in [0.1, 0.15) is 5.15 Å². The second-order valence-corrected chi connectivity index (χ2v) is 6.81. The molecule has 1 aromatic heterocycles. The summed E-state index contributed by atoms with van der Waals surface area (Å²) in [6.07, 6.45) is 0. The molecule has 2 rings (SSSR count). The average molecular weight is 362 g/mol. The molecule has 0 saturated carbocycles. The summed E-state index contributed by atoms with van der Waals surface area (Å²) in [6, 6.07) is 9.49. The van der Waals surface area contributed by atoms with E-state index < -0.39 is 10.0 Å². The summed E-state index contributed by atoms with van der Waals surface area (Å²) in [4.78, 5) is 4.18. The maximum absolute atomic E-state index is 12.2. The standard InChI is InChI=1S/C12H10BrClN2O2S/c1-8-11(6-7-12(14)15-8)16-19(17,18)10-4-2-9(13)3-5-10/h2-7,16H,1H3. The Morgan fingerprint density at radius 2 is 1.79 bits per heavy atom. The van der Waals surface area contributed by atoms with Crippen molar-refractivity contribution in [2.75, 3.05) is 4.72 Å². The summed E-state index contributed by atoms with van der Waals surface area (Å²) in [5.74, 6) is 0. The zero-order chi connectivity index (χ0) is 14.0. The molecule has 100 valence electrons. The van der Waals surface area contributed by atoms with Gasteiger partial charge in [0.15, 0.2) is 0 Å². The number of sulfonamides is 1. The molecule has 0 spiro atoms. The maximum Gasteiger partial charge on any atom is 0.261 e. The first kappa shape index (κ1) is 14.3. The van der Waals surface area contributed by atoms with Crippen molar-refractivity contribution >= 4 is 43.2 Å². The largest absolute Gasteiger partial charge is 0.278 e. The number of anilines is 1. The van der Waals surface area contributed by atoms with E-state index in [1.165, 1.54) is 18.2 Å². The van der Waals surface area contributed by atoms with Crippen molar-refractivity contribution in [3.05, 3.63) is 51.7 Å². The maximum atomic E-state index is 12.2. The Balaban J connectivity index is 2.33. The highest BCUT2D eigenvalue weighted by Crippen LogP contribution is 2.21. The summed E-state index contributed by atoms with van der Waals surface area (Å²) < 4.78 is 27.6. The number of rotatable bonds is 3. The third-order valence-corrected chi connectivity index (χ3v) is 4.54. The first-order valence-corrected chi connectivity index (χ1v) is 7.95. The lowest BCUT2D eigenvalue weighted by molar-refractivity contribution is 0.601. The molecule has 0 aliphatic rings. The zero-order valence-corrected chi connectivity index (χ0v) is 13.1. The Morgan fingerprint density at radius 3 is 2.37 bits per heavy atom. The van der Waals surface area contributed by atoms with Crippen LogP contribution in [-0.4, -0.2) is 13.4 Å². The van der Waals surface area contributed by atoms with Crippen LogP contribution in [0.15, 0.2) is 45.8 Å². The van der Waals surface area contributed by atoms with Crippen molar-refractivity contribution in [3.8, 4) is 0 Å². The van der Waals surface area contributed by atoms with Crippen LogP contribution in [0, 0.1) is 6.92 Å². The molecule has 0 unspecified atom stereocenters. The van der Waals surface area contributed by atoms with Gasteiger partial charge in [-0.25, -0.2) is 13.4 Å². The van der Waals surface area contributed by atoms with Crippen LogP contribution >= 0.6 is 27.5 Å². The van der Waals surface area contributed by atoms with Crippen molar-refractivity contribution in [1.82, 2.24) is 4.98 Å². The lowest BCUT2D eigenvalue weighted by atomic mass is 10.3.